The molecule has 0 saturated heterocycles. The molecule has 0 bridgehead atoms. The van der Waals surface area contributed by atoms with Gasteiger partial charge in [-0.15, -0.1) is 0 Å². The second-order valence-corrected chi connectivity index (χ2v) is 3.93. The van der Waals surface area contributed by atoms with Crippen LogP contribution in [0.2, 0.25) is 0 Å². The summed E-state index contributed by atoms with van der Waals surface area (Å²) < 4.78 is 12.4. The number of methoxy groups -OCH3 is 1. The van der Waals surface area contributed by atoms with Crippen LogP contribution in [0.25, 0.3) is 0 Å². The Labute approximate surface area is 97.3 Å². The molecule has 1 aromatic rings. The highest BCUT2D eigenvalue weighted by molar-refractivity contribution is 5.13. The number of nitrogens with two attached hydrogens (primary N) is 1. The first kappa shape index (κ1) is 13.2. The molecule has 4 heteroatoms. The van der Waals surface area contributed by atoms with Gasteiger partial charge in [0.2, 0.25) is 0 Å². The van der Waals surface area contributed by atoms with Crippen molar-refractivity contribution in [3.8, 4) is 0 Å². The van der Waals surface area contributed by atoms with E-state index in [1.807, 2.05) is 6.92 Å². The third-order valence-electron chi connectivity index (χ3n) is 2.44. The Morgan fingerprint density at radius 2 is 2.19 bits per heavy atom. The minimum atomic E-state index is 0.110. The molecule has 1 atom stereocenters. The highest BCUT2D eigenvalue weighted by Crippen LogP contribution is 2.09. The number of hydrogen-bond donors (Lipinski definition) is 1. The highest BCUT2D eigenvalue weighted by atomic mass is 16.5. The fourth-order valence-corrected chi connectivity index (χ4v) is 1.46. The third-order valence-corrected chi connectivity index (χ3v) is 2.44. The molecule has 0 radical (unpaired) electrons. The molecule has 1 rings (SSSR count). The minimum absolute atomic E-state index is 0.110. The largest absolute Gasteiger partial charge is 0.382 e. The summed E-state index contributed by atoms with van der Waals surface area (Å²) >= 11 is 0. The average Bonchev–Trinajstić information content (AvgIpc) is 2.72. The van der Waals surface area contributed by atoms with Gasteiger partial charge in [0.25, 0.3) is 0 Å². The molecule has 0 amide bonds. The SMILES string of the molecule is COCCOCCCn1ccc(C(C)N)c1. The maximum Gasteiger partial charge on any atom is 0.0700 e. The van der Waals surface area contributed by atoms with Crippen LogP contribution in [0.1, 0.15) is 24.9 Å². The Kier molecular flexibility index (Phi) is 6.15. The maximum absolute atomic E-state index is 5.78. The fraction of sp³-hybridized carbons (Fsp3) is 0.667. The topological polar surface area (TPSA) is 49.4 Å². The van der Waals surface area contributed by atoms with Crippen molar-refractivity contribution >= 4 is 0 Å². The highest BCUT2D eigenvalue weighted by Gasteiger charge is 2.00. The van der Waals surface area contributed by atoms with E-state index >= 15 is 0 Å². The number of aryl methyl sites for hydroxylation is 1. The summed E-state index contributed by atoms with van der Waals surface area (Å²) in [5.41, 5.74) is 6.97. The van der Waals surface area contributed by atoms with Gasteiger partial charge in [0, 0.05) is 38.7 Å². The Hall–Kier alpha value is -0.840. The van der Waals surface area contributed by atoms with E-state index in [-0.39, 0.29) is 6.04 Å². The fourth-order valence-electron chi connectivity index (χ4n) is 1.46. The molecule has 0 fully saturated rings. The Balaban J connectivity index is 2.12. The van der Waals surface area contributed by atoms with Crippen molar-refractivity contribution in [1.29, 1.82) is 0 Å². The van der Waals surface area contributed by atoms with Crippen LogP contribution in [0, 0.1) is 0 Å². The Bertz CT molecular complexity index is 284. The predicted octanol–water partition coefficient (Wildman–Crippen LogP) is 1.56. The molecule has 0 aliphatic carbocycles. The molecule has 1 unspecified atom stereocenters. The zero-order chi connectivity index (χ0) is 11.8. The molecule has 2 N–H and O–H groups in total. The standard InChI is InChI=1S/C12H22N2O2/c1-11(13)12-4-6-14(10-12)5-3-7-16-9-8-15-2/h4,6,10-11H,3,5,7-9,13H2,1-2H3. The van der Waals surface area contributed by atoms with Crippen LogP contribution in [0.3, 0.4) is 0 Å². The van der Waals surface area contributed by atoms with Crippen LogP contribution in [0.4, 0.5) is 0 Å². The van der Waals surface area contributed by atoms with Gasteiger partial charge in [-0.3, -0.25) is 0 Å². The zero-order valence-electron chi connectivity index (χ0n) is 10.2. The first-order valence-electron chi connectivity index (χ1n) is 5.72. The minimum Gasteiger partial charge on any atom is -0.382 e. The van der Waals surface area contributed by atoms with Gasteiger partial charge >= 0.3 is 0 Å². The van der Waals surface area contributed by atoms with Gasteiger partial charge in [0.1, 0.15) is 0 Å². The van der Waals surface area contributed by atoms with E-state index < -0.39 is 0 Å². The summed E-state index contributed by atoms with van der Waals surface area (Å²) in [6, 6.07) is 2.18. The third kappa shape index (κ3) is 4.79. The van der Waals surface area contributed by atoms with E-state index in [0.29, 0.717) is 13.2 Å². The predicted molar refractivity (Wildman–Crippen MR) is 64.3 cm³/mol. The summed E-state index contributed by atoms with van der Waals surface area (Å²) in [4.78, 5) is 0. The van der Waals surface area contributed by atoms with Crippen molar-refractivity contribution in [2.24, 2.45) is 5.73 Å². The van der Waals surface area contributed by atoms with Crippen molar-refractivity contribution < 1.29 is 9.47 Å². The molecule has 4 nitrogen and oxygen atoms in total. The molecule has 0 saturated carbocycles. The molecule has 16 heavy (non-hydrogen) atoms. The van der Waals surface area contributed by atoms with Crippen molar-refractivity contribution in [2.45, 2.75) is 25.9 Å². The van der Waals surface area contributed by atoms with Crippen molar-refractivity contribution in [3.63, 3.8) is 0 Å². The monoisotopic (exact) mass is 226 g/mol. The van der Waals surface area contributed by atoms with E-state index in [1.165, 1.54) is 5.56 Å². The lowest BCUT2D eigenvalue weighted by molar-refractivity contribution is 0.0680. The van der Waals surface area contributed by atoms with E-state index in [0.717, 1.165) is 19.6 Å². The van der Waals surface area contributed by atoms with Crippen LogP contribution >= 0.6 is 0 Å². The summed E-state index contributed by atoms with van der Waals surface area (Å²) in [5.74, 6) is 0. The van der Waals surface area contributed by atoms with E-state index in [2.05, 4.69) is 23.0 Å². The second-order valence-electron chi connectivity index (χ2n) is 3.93. The average molecular weight is 226 g/mol. The van der Waals surface area contributed by atoms with Crippen LogP contribution in [0.5, 0.6) is 0 Å². The molecular weight excluding hydrogens is 204 g/mol. The first-order chi connectivity index (χ1) is 7.74. The first-order valence-corrected chi connectivity index (χ1v) is 5.72. The maximum atomic E-state index is 5.78. The smallest absolute Gasteiger partial charge is 0.0700 e. The molecule has 0 aliphatic rings. The van der Waals surface area contributed by atoms with Crippen molar-refractivity contribution in [1.82, 2.24) is 4.57 Å². The van der Waals surface area contributed by atoms with Gasteiger partial charge in [-0.25, -0.2) is 0 Å². The van der Waals surface area contributed by atoms with Gasteiger partial charge in [0.15, 0.2) is 0 Å². The van der Waals surface area contributed by atoms with Crippen molar-refractivity contribution in [3.05, 3.63) is 24.0 Å². The lowest BCUT2D eigenvalue weighted by Gasteiger charge is -2.05. The number of nitrogens with zero attached hydrogens (tertiary/aromatic N) is 1. The van der Waals surface area contributed by atoms with Crippen LogP contribution in [0.15, 0.2) is 18.5 Å². The van der Waals surface area contributed by atoms with E-state index in [9.17, 15) is 0 Å². The Morgan fingerprint density at radius 1 is 1.38 bits per heavy atom. The van der Waals surface area contributed by atoms with E-state index in [1.54, 1.807) is 7.11 Å². The lowest BCUT2D eigenvalue weighted by atomic mass is 10.2. The summed E-state index contributed by atoms with van der Waals surface area (Å²) in [7, 11) is 1.68. The van der Waals surface area contributed by atoms with Gasteiger partial charge in [-0.2, -0.15) is 0 Å². The summed E-state index contributed by atoms with van der Waals surface area (Å²) in [6.45, 7) is 5.08. The van der Waals surface area contributed by atoms with Gasteiger partial charge in [0.05, 0.1) is 13.2 Å². The second kappa shape index (κ2) is 7.44. The molecule has 0 spiro atoms. The Morgan fingerprint density at radius 3 is 2.81 bits per heavy atom. The van der Waals surface area contributed by atoms with Gasteiger partial charge in [-0.1, -0.05) is 0 Å². The lowest BCUT2D eigenvalue weighted by Crippen LogP contribution is -2.06. The van der Waals surface area contributed by atoms with E-state index in [4.69, 9.17) is 15.2 Å². The van der Waals surface area contributed by atoms with Crippen LogP contribution < -0.4 is 5.73 Å². The zero-order valence-corrected chi connectivity index (χ0v) is 10.2. The number of rotatable bonds is 8. The van der Waals surface area contributed by atoms with Crippen molar-refractivity contribution in [2.75, 3.05) is 26.9 Å². The van der Waals surface area contributed by atoms with Gasteiger partial charge < -0.3 is 19.8 Å². The van der Waals surface area contributed by atoms with Crippen LogP contribution in [-0.2, 0) is 16.0 Å². The van der Waals surface area contributed by atoms with Gasteiger partial charge in [-0.05, 0) is 25.0 Å². The molecule has 0 aliphatic heterocycles. The molecule has 0 aromatic carbocycles. The normalized spacial score (nSPS) is 12.9. The number of aromatic nitrogens is 1. The summed E-state index contributed by atoms with van der Waals surface area (Å²) in [5, 5.41) is 0. The molecule has 1 aromatic heterocycles. The summed E-state index contributed by atoms with van der Waals surface area (Å²) in [6.07, 6.45) is 5.17. The number of ether oxygens (including phenoxy) is 2. The molecule has 1 heterocycles. The number of hydrogen-bond acceptors (Lipinski definition) is 3. The van der Waals surface area contributed by atoms with Crippen LogP contribution in [-0.4, -0.2) is 31.5 Å². The quantitative estimate of drug-likeness (QED) is 0.684. The molecular formula is C12H22N2O2. The molecule has 92 valence electrons.